The Morgan fingerprint density at radius 1 is 0.185 bits per heavy atom. The number of nitrogens with zero attached hydrogens (tertiary/aromatic N) is 3. The summed E-state index contributed by atoms with van der Waals surface area (Å²) in [4.78, 5) is 15.1. The van der Waals surface area contributed by atoms with Gasteiger partial charge in [-0.1, -0.05) is 188 Å². The molecule has 54 heavy (non-hydrogen) atoms. The Kier molecular flexibility index (Phi) is 7.81. The van der Waals surface area contributed by atoms with Crippen LogP contribution in [0.1, 0.15) is 0 Å². The number of hydrogen-bond donors (Lipinski definition) is 0. The summed E-state index contributed by atoms with van der Waals surface area (Å²) in [5, 5.41) is 7.58. The smallest absolute Gasteiger partial charge is 0.164 e. The van der Waals surface area contributed by atoms with Gasteiger partial charge in [0.2, 0.25) is 0 Å². The fourth-order valence-corrected chi connectivity index (χ4v) is 7.57. The number of benzene rings is 9. The fourth-order valence-electron chi connectivity index (χ4n) is 7.57. The van der Waals surface area contributed by atoms with Crippen molar-refractivity contribution in [3.63, 3.8) is 0 Å². The van der Waals surface area contributed by atoms with Crippen molar-refractivity contribution in [2.24, 2.45) is 0 Å². The van der Waals surface area contributed by atoms with Gasteiger partial charge in [0, 0.05) is 16.7 Å². The summed E-state index contributed by atoms with van der Waals surface area (Å²) in [5.41, 5.74) is 9.79. The van der Waals surface area contributed by atoms with Gasteiger partial charge in [-0.05, 0) is 77.8 Å². The normalized spacial score (nSPS) is 11.3. The van der Waals surface area contributed by atoms with E-state index in [1.165, 1.54) is 43.4 Å². The molecule has 252 valence electrons. The lowest BCUT2D eigenvalue weighted by Crippen LogP contribution is -2.00. The van der Waals surface area contributed by atoms with Crippen LogP contribution in [0.4, 0.5) is 0 Å². The maximum absolute atomic E-state index is 5.08. The predicted molar refractivity (Wildman–Crippen MR) is 225 cm³/mol. The largest absolute Gasteiger partial charge is 0.208 e. The first-order valence-corrected chi connectivity index (χ1v) is 18.3. The van der Waals surface area contributed by atoms with Gasteiger partial charge < -0.3 is 0 Å². The fraction of sp³-hybridized carbons (Fsp3) is 0. The van der Waals surface area contributed by atoms with Crippen LogP contribution in [0.5, 0.6) is 0 Å². The summed E-state index contributed by atoms with van der Waals surface area (Å²) in [6.07, 6.45) is 0. The van der Waals surface area contributed by atoms with Crippen molar-refractivity contribution in [2.75, 3.05) is 0 Å². The van der Waals surface area contributed by atoms with E-state index in [2.05, 4.69) is 164 Å². The van der Waals surface area contributed by atoms with Gasteiger partial charge in [-0.15, -0.1) is 0 Å². The molecule has 3 heteroatoms. The van der Waals surface area contributed by atoms with Crippen molar-refractivity contribution < 1.29 is 0 Å². The minimum absolute atomic E-state index is 0.638. The Labute approximate surface area is 313 Å². The molecular weight excluding hydrogens is 655 g/mol. The maximum Gasteiger partial charge on any atom is 0.164 e. The molecule has 1 heterocycles. The van der Waals surface area contributed by atoms with E-state index in [1.807, 2.05) is 36.4 Å². The third-order valence-electron chi connectivity index (χ3n) is 10.3. The van der Waals surface area contributed by atoms with Crippen LogP contribution in [-0.4, -0.2) is 15.0 Å². The number of hydrogen-bond acceptors (Lipinski definition) is 3. The number of rotatable bonds is 6. The molecule has 0 saturated carbocycles. The summed E-state index contributed by atoms with van der Waals surface area (Å²) in [5.74, 6) is 1.92. The van der Waals surface area contributed by atoms with Crippen LogP contribution < -0.4 is 0 Å². The van der Waals surface area contributed by atoms with E-state index in [1.54, 1.807) is 0 Å². The molecule has 1 aromatic heterocycles. The highest BCUT2D eigenvalue weighted by molar-refractivity contribution is 6.25. The average molecular weight is 688 g/mol. The Bertz CT molecular complexity index is 2920. The topological polar surface area (TPSA) is 38.7 Å². The molecule has 0 spiro atoms. The highest BCUT2D eigenvalue weighted by atomic mass is 15.0. The van der Waals surface area contributed by atoms with Crippen molar-refractivity contribution in [3.8, 4) is 67.5 Å². The second-order valence-corrected chi connectivity index (χ2v) is 13.6. The highest BCUT2D eigenvalue weighted by Gasteiger charge is 2.15. The zero-order chi connectivity index (χ0) is 35.8. The lowest BCUT2D eigenvalue weighted by atomic mass is 9.92. The first kappa shape index (κ1) is 31.5. The second-order valence-electron chi connectivity index (χ2n) is 13.6. The van der Waals surface area contributed by atoms with Crippen LogP contribution >= 0.6 is 0 Å². The third-order valence-corrected chi connectivity index (χ3v) is 10.3. The molecule has 0 saturated heterocycles. The molecule has 0 aliphatic carbocycles. The standard InChI is InChI=1S/C51H33N3/c1-3-12-34(13-4-1)35-22-24-36(25-23-35)37-26-28-39(29-27-37)50-52-49(38-14-5-2-6-15-38)53-51(54-50)42-17-11-16-40(32-42)41-30-31-47-45-20-8-7-18-43(45)44-19-9-10-21-46(44)48(47)33-41/h1-33H. The van der Waals surface area contributed by atoms with Crippen LogP contribution in [0, 0.1) is 0 Å². The van der Waals surface area contributed by atoms with Gasteiger partial charge in [-0.2, -0.15) is 0 Å². The van der Waals surface area contributed by atoms with Gasteiger partial charge in [-0.3, -0.25) is 0 Å². The van der Waals surface area contributed by atoms with E-state index < -0.39 is 0 Å². The summed E-state index contributed by atoms with van der Waals surface area (Å²) in [6, 6.07) is 70.6. The van der Waals surface area contributed by atoms with Crippen molar-refractivity contribution in [3.05, 3.63) is 200 Å². The van der Waals surface area contributed by atoms with E-state index in [0.717, 1.165) is 38.9 Å². The SMILES string of the molecule is c1ccc(-c2ccc(-c3ccc(-c4nc(-c5ccccc5)nc(-c5cccc(-c6ccc7c8ccccc8c8ccccc8c7c6)c5)n4)cc3)cc2)cc1. The Hall–Kier alpha value is -7.23. The Balaban J connectivity index is 1.03. The van der Waals surface area contributed by atoms with E-state index in [9.17, 15) is 0 Å². The maximum atomic E-state index is 5.08. The van der Waals surface area contributed by atoms with Gasteiger partial charge in [0.15, 0.2) is 17.5 Å². The molecule has 0 fully saturated rings. The molecule has 9 aromatic carbocycles. The van der Waals surface area contributed by atoms with E-state index in [0.29, 0.717) is 17.5 Å². The second kappa shape index (κ2) is 13.4. The summed E-state index contributed by atoms with van der Waals surface area (Å²) >= 11 is 0. The first-order valence-electron chi connectivity index (χ1n) is 18.3. The molecule has 0 N–H and O–H groups in total. The molecule has 10 rings (SSSR count). The average Bonchev–Trinajstić information content (AvgIpc) is 3.27. The minimum Gasteiger partial charge on any atom is -0.208 e. The quantitative estimate of drug-likeness (QED) is 0.163. The van der Waals surface area contributed by atoms with Crippen molar-refractivity contribution in [2.45, 2.75) is 0 Å². The van der Waals surface area contributed by atoms with Gasteiger partial charge in [0.05, 0.1) is 0 Å². The Morgan fingerprint density at radius 2 is 0.500 bits per heavy atom. The third kappa shape index (κ3) is 5.78. The van der Waals surface area contributed by atoms with E-state index in [4.69, 9.17) is 15.0 Å². The van der Waals surface area contributed by atoms with Crippen LogP contribution in [0.25, 0.3) is 99.9 Å². The highest BCUT2D eigenvalue weighted by Crippen LogP contribution is 2.38. The van der Waals surface area contributed by atoms with Gasteiger partial charge in [-0.25, -0.2) is 15.0 Å². The molecule has 10 aromatic rings. The molecule has 3 nitrogen and oxygen atoms in total. The van der Waals surface area contributed by atoms with E-state index in [-0.39, 0.29) is 0 Å². The lowest BCUT2D eigenvalue weighted by Gasteiger charge is -2.13. The molecular formula is C51H33N3. The first-order chi connectivity index (χ1) is 26.7. The van der Waals surface area contributed by atoms with Gasteiger partial charge in [0.25, 0.3) is 0 Å². The predicted octanol–water partition coefficient (Wildman–Crippen LogP) is 13.3. The molecule has 0 radical (unpaired) electrons. The lowest BCUT2D eigenvalue weighted by molar-refractivity contribution is 1.07. The molecule has 0 unspecified atom stereocenters. The van der Waals surface area contributed by atoms with Gasteiger partial charge in [0.1, 0.15) is 0 Å². The molecule has 0 amide bonds. The molecule has 0 aliphatic heterocycles. The minimum atomic E-state index is 0.638. The van der Waals surface area contributed by atoms with Crippen LogP contribution in [0.3, 0.4) is 0 Å². The van der Waals surface area contributed by atoms with Crippen molar-refractivity contribution in [1.29, 1.82) is 0 Å². The van der Waals surface area contributed by atoms with Gasteiger partial charge >= 0.3 is 0 Å². The zero-order valence-electron chi connectivity index (χ0n) is 29.4. The molecule has 0 atom stereocenters. The summed E-state index contributed by atoms with van der Waals surface area (Å²) in [6.45, 7) is 0. The molecule has 0 bridgehead atoms. The van der Waals surface area contributed by atoms with Crippen LogP contribution in [-0.2, 0) is 0 Å². The molecule has 0 aliphatic rings. The summed E-state index contributed by atoms with van der Waals surface area (Å²) in [7, 11) is 0. The van der Waals surface area contributed by atoms with E-state index >= 15 is 0 Å². The number of aromatic nitrogens is 3. The van der Waals surface area contributed by atoms with Crippen molar-refractivity contribution in [1.82, 2.24) is 15.0 Å². The monoisotopic (exact) mass is 687 g/mol. The van der Waals surface area contributed by atoms with Crippen LogP contribution in [0.2, 0.25) is 0 Å². The zero-order valence-corrected chi connectivity index (χ0v) is 29.4. The number of fused-ring (bicyclic) bond motifs is 6. The van der Waals surface area contributed by atoms with Crippen molar-refractivity contribution >= 4 is 32.3 Å². The summed E-state index contributed by atoms with van der Waals surface area (Å²) < 4.78 is 0. The van der Waals surface area contributed by atoms with Crippen LogP contribution in [0.15, 0.2) is 200 Å². The Morgan fingerprint density at radius 3 is 1.04 bits per heavy atom.